The number of benzene rings is 1. The van der Waals surface area contributed by atoms with Crippen LogP contribution in [0.25, 0.3) is 0 Å². The van der Waals surface area contributed by atoms with E-state index in [1.54, 1.807) is 0 Å². The molecule has 0 unspecified atom stereocenters. The van der Waals surface area contributed by atoms with Gasteiger partial charge in [0.25, 0.3) is 0 Å². The Labute approximate surface area is 99.1 Å². The van der Waals surface area contributed by atoms with Crippen molar-refractivity contribution >= 4 is 32.7 Å². The fourth-order valence-corrected chi connectivity index (χ4v) is 2.71. The number of halogens is 1. The molecule has 3 nitrogen and oxygen atoms in total. The quantitative estimate of drug-likeness (QED) is 0.924. The Kier molecular flexibility index (Phi) is 4.47. The van der Waals surface area contributed by atoms with Gasteiger partial charge in [-0.05, 0) is 30.2 Å². The Hall–Kier alpha value is -0.680. The van der Waals surface area contributed by atoms with E-state index in [2.05, 4.69) is 15.9 Å². The van der Waals surface area contributed by atoms with Crippen LogP contribution in [0.15, 0.2) is 22.7 Å². The first-order valence-corrected chi connectivity index (χ1v) is 6.59. The highest BCUT2D eigenvalue weighted by Crippen LogP contribution is 2.17. The first-order valence-electron chi connectivity index (χ1n) is 4.31. The Bertz CT molecular complexity index is 404. The van der Waals surface area contributed by atoms with E-state index in [4.69, 9.17) is 5.11 Å². The molecule has 0 aliphatic heterocycles. The molecule has 0 bridgehead atoms. The van der Waals surface area contributed by atoms with Crippen LogP contribution in [0.4, 0.5) is 0 Å². The molecule has 0 aromatic heterocycles. The third-order valence-electron chi connectivity index (χ3n) is 1.91. The molecule has 0 aliphatic carbocycles. The second kappa shape index (κ2) is 5.42. The SMILES string of the molecule is Cc1cc(Br)ccc1C[S@](=O)CC(=O)O. The van der Waals surface area contributed by atoms with E-state index in [0.717, 1.165) is 15.6 Å². The van der Waals surface area contributed by atoms with Crippen LogP contribution in [-0.2, 0) is 21.3 Å². The average molecular weight is 291 g/mol. The highest BCUT2D eigenvalue weighted by Gasteiger charge is 2.08. The maximum atomic E-state index is 11.4. The first kappa shape index (κ1) is 12.4. The van der Waals surface area contributed by atoms with Crippen molar-refractivity contribution in [2.45, 2.75) is 12.7 Å². The average Bonchev–Trinajstić information content (AvgIpc) is 2.08. The Morgan fingerprint density at radius 3 is 2.73 bits per heavy atom. The Balaban J connectivity index is 2.72. The van der Waals surface area contributed by atoms with Crippen LogP contribution in [0.1, 0.15) is 11.1 Å². The number of rotatable bonds is 4. The van der Waals surface area contributed by atoms with E-state index in [0.29, 0.717) is 5.75 Å². The lowest BCUT2D eigenvalue weighted by Gasteiger charge is -2.05. The molecule has 15 heavy (non-hydrogen) atoms. The van der Waals surface area contributed by atoms with E-state index in [1.807, 2.05) is 25.1 Å². The van der Waals surface area contributed by atoms with E-state index in [1.165, 1.54) is 0 Å². The molecule has 0 amide bonds. The fraction of sp³-hybridized carbons (Fsp3) is 0.300. The molecular weight excluding hydrogens is 280 g/mol. The summed E-state index contributed by atoms with van der Waals surface area (Å²) in [4.78, 5) is 10.3. The molecule has 0 spiro atoms. The number of carbonyl (C=O) groups is 1. The van der Waals surface area contributed by atoms with Crippen molar-refractivity contribution in [2.24, 2.45) is 0 Å². The van der Waals surface area contributed by atoms with Crippen molar-refractivity contribution in [3.05, 3.63) is 33.8 Å². The van der Waals surface area contributed by atoms with E-state index in [-0.39, 0.29) is 5.75 Å². The van der Waals surface area contributed by atoms with Gasteiger partial charge in [-0.15, -0.1) is 0 Å². The van der Waals surface area contributed by atoms with Gasteiger partial charge in [-0.2, -0.15) is 0 Å². The summed E-state index contributed by atoms with van der Waals surface area (Å²) in [6.07, 6.45) is 0. The Morgan fingerprint density at radius 1 is 1.53 bits per heavy atom. The minimum atomic E-state index is -1.33. The van der Waals surface area contributed by atoms with Crippen molar-refractivity contribution in [3.8, 4) is 0 Å². The van der Waals surface area contributed by atoms with E-state index < -0.39 is 16.8 Å². The molecule has 1 aromatic carbocycles. The van der Waals surface area contributed by atoms with Crippen LogP contribution in [0.2, 0.25) is 0 Å². The second-order valence-electron chi connectivity index (χ2n) is 3.19. The van der Waals surface area contributed by atoms with Crippen LogP contribution in [0, 0.1) is 6.92 Å². The lowest BCUT2D eigenvalue weighted by Crippen LogP contribution is -2.11. The summed E-state index contributed by atoms with van der Waals surface area (Å²) in [5.74, 6) is -1.02. The third-order valence-corrected chi connectivity index (χ3v) is 3.60. The standard InChI is InChI=1S/C10H11BrO3S/c1-7-4-9(11)3-2-8(7)5-15(14)6-10(12)13/h2-4H,5-6H2,1H3,(H,12,13)/t15-/m0/s1. The van der Waals surface area contributed by atoms with Gasteiger partial charge in [-0.1, -0.05) is 22.0 Å². The monoisotopic (exact) mass is 290 g/mol. The summed E-state index contributed by atoms with van der Waals surface area (Å²) in [7, 11) is -1.33. The first-order chi connectivity index (χ1) is 6.99. The lowest BCUT2D eigenvalue weighted by molar-refractivity contribution is -0.133. The third kappa shape index (κ3) is 4.13. The van der Waals surface area contributed by atoms with Gasteiger partial charge >= 0.3 is 5.97 Å². The number of hydrogen-bond donors (Lipinski definition) is 1. The number of hydrogen-bond acceptors (Lipinski definition) is 2. The summed E-state index contributed by atoms with van der Waals surface area (Å²) < 4.78 is 12.3. The minimum Gasteiger partial charge on any atom is -0.481 e. The molecule has 0 aliphatic rings. The van der Waals surface area contributed by atoms with Crippen molar-refractivity contribution in [1.82, 2.24) is 0 Å². The zero-order chi connectivity index (χ0) is 11.4. The van der Waals surface area contributed by atoms with Crippen molar-refractivity contribution in [3.63, 3.8) is 0 Å². The van der Waals surface area contributed by atoms with E-state index in [9.17, 15) is 9.00 Å². The van der Waals surface area contributed by atoms with Gasteiger partial charge in [-0.3, -0.25) is 9.00 Å². The summed E-state index contributed by atoms with van der Waals surface area (Å²) in [6.45, 7) is 1.91. The van der Waals surface area contributed by atoms with Gasteiger partial charge < -0.3 is 5.11 Å². The molecule has 0 radical (unpaired) electrons. The zero-order valence-corrected chi connectivity index (χ0v) is 10.6. The molecule has 0 saturated heterocycles. The summed E-state index contributed by atoms with van der Waals surface area (Å²) >= 11 is 3.33. The van der Waals surface area contributed by atoms with Crippen molar-refractivity contribution in [2.75, 3.05) is 5.75 Å². The van der Waals surface area contributed by atoms with Gasteiger partial charge in [0.2, 0.25) is 0 Å². The molecule has 0 saturated carbocycles. The normalized spacial score (nSPS) is 12.4. The van der Waals surface area contributed by atoms with Crippen LogP contribution in [0.3, 0.4) is 0 Å². The van der Waals surface area contributed by atoms with Crippen LogP contribution >= 0.6 is 15.9 Å². The number of aryl methyl sites for hydroxylation is 1. The zero-order valence-electron chi connectivity index (χ0n) is 8.20. The number of aliphatic carboxylic acids is 1. The molecule has 1 atom stereocenters. The highest BCUT2D eigenvalue weighted by molar-refractivity contribution is 9.10. The molecular formula is C10H11BrO3S. The van der Waals surface area contributed by atoms with Gasteiger partial charge in [-0.25, -0.2) is 0 Å². The Morgan fingerprint density at radius 2 is 2.20 bits per heavy atom. The number of carboxylic acids is 1. The van der Waals surface area contributed by atoms with Gasteiger partial charge in [0.15, 0.2) is 0 Å². The fourth-order valence-electron chi connectivity index (χ4n) is 1.18. The smallest absolute Gasteiger partial charge is 0.316 e. The van der Waals surface area contributed by atoms with Gasteiger partial charge in [0, 0.05) is 21.0 Å². The summed E-state index contributed by atoms with van der Waals surface area (Å²) in [6, 6.07) is 5.65. The maximum absolute atomic E-state index is 11.4. The van der Waals surface area contributed by atoms with E-state index >= 15 is 0 Å². The minimum absolute atomic E-state index is 0.296. The van der Waals surface area contributed by atoms with Crippen LogP contribution < -0.4 is 0 Å². The topological polar surface area (TPSA) is 54.4 Å². The highest BCUT2D eigenvalue weighted by atomic mass is 79.9. The maximum Gasteiger partial charge on any atom is 0.316 e. The molecule has 1 aromatic rings. The molecule has 1 rings (SSSR count). The van der Waals surface area contributed by atoms with Gasteiger partial charge in [0.05, 0.1) is 0 Å². The predicted octanol–water partition coefficient (Wildman–Crippen LogP) is 2.09. The lowest BCUT2D eigenvalue weighted by atomic mass is 10.1. The second-order valence-corrected chi connectivity index (χ2v) is 5.57. The summed E-state index contributed by atoms with van der Waals surface area (Å²) in [5, 5.41) is 8.47. The van der Waals surface area contributed by atoms with Crippen LogP contribution in [0.5, 0.6) is 0 Å². The molecule has 5 heteroatoms. The van der Waals surface area contributed by atoms with Crippen molar-refractivity contribution < 1.29 is 14.1 Å². The van der Waals surface area contributed by atoms with Gasteiger partial charge in [0.1, 0.15) is 5.75 Å². The van der Waals surface area contributed by atoms with Crippen molar-refractivity contribution in [1.29, 1.82) is 0 Å². The number of carboxylic acid groups (broad SMARTS) is 1. The predicted molar refractivity (Wildman–Crippen MR) is 63.2 cm³/mol. The van der Waals surface area contributed by atoms with Crippen LogP contribution in [-0.4, -0.2) is 21.0 Å². The molecule has 82 valence electrons. The molecule has 0 heterocycles. The largest absolute Gasteiger partial charge is 0.481 e. The molecule has 0 fully saturated rings. The molecule has 1 N–H and O–H groups in total. The summed E-state index contributed by atoms with van der Waals surface area (Å²) in [5.41, 5.74) is 1.95.